The first-order valence-electron chi connectivity index (χ1n) is 11.1. The first-order chi connectivity index (χ1) is 16.5. The Morgan fingerprint density at radius 1 is 1.00 bits per heavy atom. The zero-order valence-electron chi connectivity index (χ0n) is 19.0. The van der Waals surface area contributed by atoms with Crippen molar-refractivity contribution in [3.05, 3.63) is 71.0 Å². The van der Waals surface area contributed by atoms with Crippen LogP contribution in [-0.2, 0) is 16.1 Å². The minimum Gasteiger partial charge on any atom is -0.368 e. The molecule has 0 saturated carbocycles. The maximum atomic E-state index is 12.6. The molecule has 2 heterocycles. The summed E-state index contributed by atoms with van der Waals surface area (Å²) in [5.41, 5.74) is 2.23. The summed E-state index contributed by atoms with van der Waals surface area (Å²) in [6, 6.07) is 17.8. The topological polar surface area (TPSA) is 83.4 Å². The highest BCUT2D eigenvalue weighted by atomic mass is 35.5. The second-order valence-corrected chi connectivity index (χ2v) is 9.39. The summed E-state index contributed by atoms with van der Waals surface area (Å²) in [4.78, 5) is 28.9. The number of benzene rings is 2. The summed E-state index contributed by atoms with van der Waals surface area (Å²) >= 11 is 7.28. The van der Waals surface area contributed by atoms with Crippen molar-refractivity contribution in [2.45, 2.75) is 18.6 Å². The zero-order chi connectivity index (χ0) is 23.9. The van der Waals surface area contributed by atoms with Gasteiger partial charge in [0.1, 0.15) is 5.82 Å². The molecular weight excluding hydrogens is 472 g/mol. The molecule has 8 nitrogen and oxygen atoms in total. The number of piperazine rings is 1. The molecule has 0 spiro atoms. The Labute approximate surface area is 208 Å². The molecule has 1 aliphatic heterocycles. The Morgan fingerprint density at radius 2 is 1.71 bits per heavy atom. The standard InChI is InChI=1S/C24H27ClN6O2S/c1-18-27-28-24(31(18)16-19-5-3-2-4-6-19)34-17-22(32)26-15-23(33)30-13-11-29(12-14-30)21-9-7-20(25)8-10-21/h2-10H,11-17H2,1H3,(H,26,32). The third-order valence-corrected chi connectivity index (χ3v) is 6.90. The number of thioether (sulfide) groups is 1. The van der Waals surface area contributed by atoms with Gasteiger partial charge in [-0.25, -0.2) is 0 Å². The van der Waals surface area contributed by atoms with Gasteiger partial charge in [-0.15, -0.1) is 10.2 Å². The van der Waals surface area contributed by atoms with Gasteiger partial charge in [0.2, 0.25) is 11.8 Å². The maximum absolute atomic E-state index is 12.6. The van der Waals surface area contributed by atoms with Crippen LogP contribution in [0.25, 0.3) is 0 Å². The molecule has 178 valence electrons. The van der Waals surface area contributed by atoms with Crippen LogP contribution in [0.2, 0.25) is 5.02 Å². The summed E-state index contributed by atoms with van der Waals surface area (Å²) < 4.78 is 1.98. The van der Waals surface area contributed by atoms with E-state index in [2.05, 4.69) is 20.4 Å². The van der Waals surface area contributed by atoms with E-state index in [-0.39, 0.29) is 24.1 Å². The maximum Gasteiger partial charge on any atom is 0.242 e. The zero-order valence-corrected chi connectivity index (χ0v) is 20.6. The molecule has 10 heteroatoms. The summed E-state index contributed by atoms with van der Waals surface area (Å²) in [7, 11) is 0. The molecule has 0 unspecified atom stereocenters. The molecule has 2 aromatic carbocycles. The normalized spacial score (nSPS) is 13.7. The highest BCUT2D eigenvalue weighted by molar-refractivity contribution is 7.99. The number of rotatable bonds is 8. The van der Waals surface area contributed by atoms with Crippen molar-refractivity contribution >= 4 is 40.9 Å². The second kappa shape index (κ2) is 11.4. The van der Waals surface area contributed by atoms with Crippen molar-refractivity contribution in [2.75, 3.05) is 43.4 Å². The number of hydrogen-bond donors (Lipinski definition) is 1. The lowest BCUT2D eigenvalue weighted by atomic mass is 10.2. The lowest BCUT2D eigenvalue weighted by molar-refractivity contribution is -0.132. The number of anilines is 1. The smallest absolute Gasteiger partial charge is 0.242 e. The van der Waals surface area contributed by atoms with Gasteiger partial charge >= 0.3 is 0 Å². The predicted octanol–water partition coefficient (Wildman–Crippen LogP) is 2.85. The van der Waals surface area contributed by atoms with Gasteiger partial charge in [-0.1, -0.05) is 53.7 Å². The Morgan fingerprint density at radius 3 is 2.41 bits per heavy atom. The van der Waals surface area contributed by atoms with Crippen molar-refractivity contribution in [1.29, 1.82) is 0 Å². The average Bonchev–Trinajstić information content (AvgIpc) is 3.21. The first-order valence-corrected chi connectivity index (χ1v) is 12.5. The number of carbonyl (C=O) groups is 2. The van der Waals surface area contributed by atoms with Gasteiger partial charge in [-0.2, -0.15) is 0 Å². The molecule has 0 bridgehead atoms. The van der Waals surface area contributed by atoms with Gasteiger partial charge in [0.15, 0.2) is 5.16 Å². The Hall–Kier alpha value is -3.04. The lowest BCUT2D eigenvalue weighted by Gasteiger charge is -2.36. The molecule has 0 atom stereocenters. The number of carbonyl (C=O) groups excluding carboxylic acids is 2. The summed E-state index contributed by atoms with van der Waals surface area (Å²) in [5.74, 6) is 0.687. The lowest BCUT2D eigenvalue weighted by Crippen LogP contribution is -2.51. The van der Waals surface area contributed by atoms with Crippen molar-refractivity contribution in [3.8, 4) is 0 Å². The number of nitrogens with one attached hydrogen (secondary N) is 1. The molecule has 3 aromatic rings. The summed E-state index contributed by atoms with van der Waals surface area (Å²) in [6.45, 7) is 5.26. The molecule has 1 N–H and O–H groups in total. The number of aryl methyl sites for hydroxylation is 1. The fourth-order valence-corrected chi connectivity index (χ4v) is 4.69. The van der Waals surface area contributed by atoms with Gasteiger partial charge in [0, 0.05) is 36.9 Å². The minimum atomic E-state index is -0.204. The second-order valence-electron chi connectivity index (χ2n) is 8.01. The van der Waals surface area contributed by atoms with Crippen molar-refractivity contribution in [2.24, 2.45) is 0 Å². The van der Waals surface area contributed by atoms with E-state index < -0.39 is 0 Å². The van der Waals surface area contributed by atoms with Gasteiger partial charge in [0.05, 0.1) is 18.8 Å². The van der Waals surface area contributed by atoms with E-state index in [1.54, 1.807) is 4.90 Å². The first kappa shape index (κ1) is 24.1. The Balaban J connectivity index is 1.20. The van der Waals surface area contributed by atoms with Gasteiger partial charge in [-0.3, -0.25) is 9.59 Å². The van der Waals surface area contributed by atoms with Crippen molar-refractivity contribution < 1.29 is 9.59 Å². The van der Waals surface area contributed by atoms with E-state index >= 15 is 0 Å². The highest BCUT2D eigenvalue weighted by Gasteiger charge is 2.22. The molecule has 34 heavy (non-hydrogen) atoms. The average molecular weight is 499 g/mol. The Kier molecular flexibility index (Phi) is 8.08. The highest BCUT2D eigenvalue weighted by Crippen LogP contribution is 2.20. The van der Waals surface area contributed by atoms with Crippen LogP contribution in [0.4, 0.5) is 5.69 Å². The number of amides is 2. The molecule has 2 amide bonds. The van der Waals surface area contributed by atoms with Crippen LogP contribution in [-0.4, -0.2) is 70.0 Å². The van der Waals surface area contributed by atoms with E-state index in [0.29, 0.717) is 29.8 Å². The van der Waals surface area contributed by atoms with Crippen LogP contribution in [0.1, 0.15) is 11.4 Å². The minimum absolute atomic E-state index is 0.00390. The monoisotopic (exact) mass is 498 g/mol. The van der Waals surface area contributed by atoms with E-state index in [9.17, 15) is 9.59 Å². The van der Waals surface area contributed by atoms with E-state index in [1.807, 2.05) is 66.1 Å². The van der Waals surface area contributed by atoms with Crippen molar-refractivity contribution in [1.82, 2.24) is 25.0 Å². The third kappa shape index (κ3) is 6.30. The van der Waals surface area contributed by atoms with Gasteiger partial charge in [-0.05, 0) is 36.8 Å². The fraction of sp³-hybridized carbons (Fsp3) is 0.333. The third-order valence-electron chi connectivity index (χ3n) is 5.68. The van der Waals surface area contributed by atoms with Crippen LogP contribution >= 0.6 is 23.4 Å². The van der Waals surface area contributed by atoms with Gasteiger partial charge in [0.25, 0.3) is 0 Å². The molecule has 4 rings (SSSR count). The molecule has 0 radical (unpaired) electrons. The quantitative estimate of drug-likeness (QED) is 0.481. The van der Waals surface area contributed by atoms with Crippen LogP contribution < -0.4 is 10.2 Å². The number of aromatic nitrogens is 3. The molecule has 1 aliphatic rings. The summed E-state index contributed by atoms with van der Waals surface area (Å²) in [6.07, 6.45) is 0. The van der Waals surface area contributed by atoms with E-state index in [1.165, 1.54) is 11.8 Å². The van der Waals surface area contributed by atoms with Crippen LogP contribution in [0.15, 0.2) is 59.8 Å². The van der Waals surface area contributed by atoms with E-state index in [0.717, 1.165) is 30.2 Å². The van der Waals surface area contributed by atoms with Crippen LogP contribution in [0, 0.1) is 6.92 Å². The largest absolute Gasteiger partial charge is 0.368 e. The molecule has 1 saturated heterocycles. The summed E-state index contributed by atoms with van der Waals surface area (Å²) in [5, 5.41) is 12.5. The Bertz CT molecular complexity index is 1110. The molecule has 1 aromatic heterocycles. The number of hydrogen-bond acceptors (Lipinski definition) is 6. The van der Waals surface area contributed by atoms with Crippen LogP contribution in [0.5, 0.6) is 0 Å². The SMILES string of the molecule is Cc1nnc(SCC(=O)NCC(=O)N2CCN(c3ccc(Cl)cc3)CC2)n1Cc1ccccc1. The fourth-order valence-electron chi connectivity index (χ4n) is 3.75. The molecular formula is C24H27ClN6O2S. The van der Waals surface area contributed by atoms with Gasteiger partial charge < -0.3 is 19.7 Å². The predicted molar refractivity (Wildman–Crippen MR) is 134 cm³/mol. The van der Waals surface area contributed by atoms with Crippen molar-refractivity contribution in [3.63, 3.8) is 0 Å². The molecule has 1 fully saturated rings. The van der Waals surface area contributed by atoms with E-state index in [4.69, 9.17) is 11.6 Å². The molecule has 0 aliphatic carbocycles. The van der Waals surface area contributed by atoms with Crippen LogP contribution in [0.3, 0.4) is 0 Å². The number of halogens is 1. The number of nitrogens with zero attached hydrogens (tertiary/aromatic N) is 5.